The Balaban J connectivity index is 2.58. The second kappa shape index (κ2) is 15.6. The van der Waals surface area contributed by atoms with E-state index < -0.39 is 46.7 Å². The number of ether oxygens (including phenoxy) is 2. The summed E-state index contributed by atoms with van der Waals surface area (Å²) in [5.41, 5.74) is -2.62. The highest BCUT2D eigenvalue weighted by molar-refractivity contribution is 7.55. The van der Waals surface area contributed by atoms with Crippen molar-refractivity contribution in [2.75, 3.05) is 48.6 Å². The smallest absolute Gasteiger partial charge is 0.338 e. The Labute approximate surface area is 261 Å². The van der Waals surface area contributed by atoms with Gasteiger partial charge in [0.2, 0.25) is 3.79 Å². The van der Waals surface area contributed by atoms with E-state index in [0.29, 0.717) is 18.6 Å². The van der Waals surface area contributed by atoms with Crippen molar-refractivity contribution in [2.45, 2.75) is 28.7 Å². The van der Waals surface area contributed by atoms with Gasteiger partial charge in [-0.15, -0.1) is 0 Å². The van der Waals surface area contributed by atoms with Gasteiger partial charge >= 0.3 is 19.5 Å². The number of alkyl halides is 3. The van der Waals surface area contributed by atoms with Crippen LogP contribution in [0.2, 0.25) is 0 Å². The molecular weight excluding hydrogens is 632 g/mol. The standard InChI is InChI=1S/C28H37Cl3NO9P/c1-32(2)17-21(27(26(35)36,16-24(33)34)25(28(29,30)31)42(37,39-4)40-5)18-41-23-12-7-6-10-20(23)14-13-19-9-8-11-22(15-19)38-3/h6-12,15,21,25H,13-14,16-18H2,1-5H3,(H,33,34)(H,35,36)/t21?,25?,27-/m1/s1. The highest BCUT2D eigenvalue weighted by Crippen LogP contribution is 2.67. The van der Waals surface area contributed by atoms with Crippen LogP contribution in [-0.2, 0) is 36.0 Å². The molecule has 0 aromatic heterocycles. The summed E-state index contributed by atoms with van der Waals surface area (Å²) in [6.45, 7) is -0.352. The molecule has 234 valence electrons. The van der Waals surface area contributed by atoms with Gasteiger partial charge in [-0.1, -0.05) is 65.1 Å². The molecule has 0 spiro atoms. The van der Waals surface area contributed by atoms with Crippen molar-refractivity contribution in [3.8, 4) is 11.5 Å². The Kier molecular flexibility index (Phi) is 13.4. The van der Waals surface area contributed by atoms with Crippen LogP contribution in [0.25, 0.3) is 0 Å². The van der Waals surface area contributed by atoms with Gasteiger partial charge in [0.1, 0.15) is 22.6 Å². The van der Waals surface area contributed by atoms with Gasteiger partial charge in [0.05, 0.1) is 20.1 Å². The summed E-state index contributed by atoms with van der Waals surface area (Å²) in [5.74, 6) is -3.15. The quantitative estimate of drug-likeness (QED) is 0.157. The van der Waals surface area contributed by atoms with Crippen molar-refractivity contribution in [2.24, 2.45) is 11.3 Å². The number of carbonyl (C=O) groups is 2. The first-order chi connectivity index (χ1) is 19.6. The van der Waals surface area contributed by atoms with Crippen LogP contribution in [0.4, 0.5) is 0 Å². The number of methoxy groups -OCH3 is 1. The normalized spacial score (nSPS) is 15.1. The molecule has 3 atom stereocenters. The summed E-state index contributed by atoms with van der Waals surface area (Å²) in [6, 6.07) is 14.9. The van der Waals surface area contributed by atoms with E-state index in [2.05, 4.69) is 0 Å². The second-order valence-corrected chi connectivity index (χ2v) is 14.7. The number of rotatable bonds is 17. The van der Waals surface area contributed by atoms with E-state index >= 15 is 0 Å². The van der Waals surface area contributed by atoms with Gasteiger partial charge in [-0.05, 0) is 56.3 Å². The molecule has 0 saturated carbocycles. The minimum absolute atomic E-state index is 0.0315. The number of carboxylic acids is 2. The summed E-state index contributed by atoms with van der Waals surface area (Å²) in [5, 5.41) is 20.6. The minimum atomic E-state index is -4.52. The Bertz CT molecular complexity index is 1250. The first-order valence-electron chi connectivity index (χ1n) is 12.9. The lowest BCUT2D eigenvalue weighted by molar-refractivity contribution is -0.162. The molecule has 0 aliphatic carbocycles. The molecule has 0 fully saturated rings. The summed E-state index contributed by atoms with van der Waals surface area (Å²) >= 11 is 18.8. The largest absolute Gasteiger partial charge is 0.497 e. The van der Waals surface area contributed by atoms with Crippen LogP contribution in [-0.4, -0.2) is 85.1 Å². The van der Waals surface area contributed by atoms with Crippen LogP contribution in [0, 0.1) is 11.3 Å². The fraction of sp³-hybridized carbons (Fsp3) is 0.500. The third kappa shape index (κ3) is 8.99. The number of nitrogens with zero attached hydrogens (tertiary/aromatic N) is 1. The van der Waals surface area contributed by atoms with E-state index in [9.17, 15) is 24.4 Å². The lowest BCUT2D eigenvalue weighted by Gasteiger charge is -2.46. The molecule has 2 N–H and O–H groups in total. The molecule has 0 bridgehead atoms. The number of hydrogen-bond donors (Lipinski definition) is 2. The van der Waals surface area contributed by atoms with Crippen molar-refractivity contribution in [3.63, 3.8) is 0 Å². The maximum Gasteiger partial charge on any atom is 0.338 e. The van der Waals surface area contributed by atoms with Crippen molar-refractivity contribution in [1.29, 1.82) is 0 Å². The molecular formula is C28H37Cl3NO9P. The van der Waals surface area contributed by atoms with Gasteiger partial charge in [0, 0.05) is 26.7 Å². The number of para-hydroxylation sites is 1. The van der Waals surface area contributed by atoms with Gasteiger partial charge in [-0.2, -0.15) is 0 Å². The number of aryl methyl sites for hydroxylation is 2. The molecule has 2 rings (SSSR count). The van der Waals surface area contributed by atoms with Gasteiger partial charge in [0.15, 0.2) is 0 Å². The zero-order valence-electron chi connectivity index (χ0n) is 24.1. The van der Waals surface area contributed by atoms with Crippen LogP contribution in [0.3, 0.4) is 0 Å². The zero-order valence-corrected chi connectivity index (χ0v) is 27.3. The monoisotopic (exact) mass is 667 g/mol. The molecule has 2 aromatic carbocycles. The van der Waals surface area contributed by atoms with E-state index in [1.807, 2.05) is 36.4 Å². The van der Waals surface area contributed by atoms with E-state index in [-0.39, 0.29) is 13.2 Å². The summed E-state index contributed by atoms with van der Waals surface area (Å²) in [4.78, 5) is 27.0. The molecule has 42 heavy (non-hydrogen) atoms. The molecule has 0 heterocycles. The summed E-state index contributed by atoms with van der Waals surface area (Å²) in [6.07, 6.45) is 0.189. The molecule has 0 saturated heterocycles. The Hall–Kier alpha value is -2.04. The van der Waals surface area contributed by atoms with Gasteiger partial charge in [-0.3, -0.25) is 14.2 Å². The molecule has 0 radical (unpaired) electrons. The van der Waals surface area contributed by atoms with E-state index in [1.54, 1.807) is 38.2 Å². The van der Waals surface area contributed by atoms with E-state index in [4.69, 9.17) is 53.3 Å². The Morgan fingerprint density at radius 2 is 1.62 bits per heavy atom. The number of benzene rings is 2. The maximum atomic E-state index is 13.8. The van der Waals surface area contributed by atoms with Crippen molar-refractivity contribution < 1.29 is 42.9 Å². The Morgan fingerprint density at radius 1 is 0.976 bits per heavy atom. The molecule has 0 aliphatic rings. The molecule has 0 aliphatic heterocycles. The van der Waals surface area contributed by atoms with Crippen molar-refractivity contribution >= 4 is 54.3 Å². The fourth-order valence-corrected chi connectivity index (χ4v) is 8.64. The van der Waals surface area contributed by atoms with Crippen LogP contribution in [0.15, 0.2) is 48.5 Å². The summed E-state index contributed by atoms with van der Waals surface area (Å²) < 4.78 is 32.9. The predicted octanol–water partition coefficient (Wildman–Crippen LogP) is 5.81. The number of aliphatic carboxylic acids is 2. The third-order valence-corrected chi connectivity index (χ3v) is 10.6. The molecule has 14 heteroatoms. The topological polar surface area (TPSA) is 132 Å². The average Bonchev–Trinajstić information content (AvgIpc) is 2.92. The van der Waals surface area contributed by atoms with Crippen LogP contribution >= 0.6 is 42.4 Å². The summed E-state index contributed by atoms with van der Waals surface area (Å²) in [7, 11) is 2.43. The van der Waals surface area contributed by atoms with E-state index in [1.165, 1.54) is 0 Å². The first-order valence-corrected chi connectivity index (χ1v) is 15.6. The van der Waals surface area contributed by atoms with Crippen LogP contribution < -0.4 is 9.47 Å². The Morgan fingerprint density at radius 3 is 2.14 bits per heavy atom. The lowest BCUT2D eigenvalue weighted by atomic mass is 9.70. The van der Waals surface area contributed by atoms with Gasteiger partial charge in [0.25, 0.3) is 0 Å². The van der Waals surface area contributed by atoms with Gasteiger partial charge < -0.3 is 33.6 Å². The lowest BCUT2D eigenvalue weighted by Crippen LogP contribution is -2.58. The van der Waals surface area contributed by atoms with Crippen LogP contribution in [0.1, 0.15) is 17.5 Å². The molecule has 2 unspecified atom stereocenters. The highest BCUT2D eigenvalue weighted by Gasteiger charge is 2.67. The third-order valence-electron chi connectivity index (χ3n) is 7.01. The molecule has 2 aromatic rings. The predicted molar refractivity (Wildman–Crippen MR) is 162 cm³/mol. The number of hydrogen-bond acceptors (Lipinski definition) is 8. The SMILES string of the molecule is COc1cccc(CCc2ccccc2OCC(CN(C)C)[C@@](CC(=O)O)(C(=O)O)C(C(Cl)(Cl)Cl)P(=O)(OC)OC)c1. The fourth-order valence-electron chi connectivity index (χ4n) is 5.07. The average molecular weight is 669 g/mol. The van der Waals surface area contributed by atoms with E-state index in [0.717, 1.165) is 31.1 Å². The second-order valence-electron chi connectivity index (χ2n) is 9.99. The van der Waals surface area contributed by atoms with Gasteiger partial charge in [-0.25, -0.2) is 0 Å². The molecule has 10 nitrogen and oxygen atoms in total. The number of halogens is 3. The highest BCUT2D eigenvalue weighted by atomic mass is 35.6. The van der Waals surface area contributed by atoms with Crippen molar-refractivity contribution in [3.05, 3.63) is 59.7 Å². The first kappa shape index (κ1) is 36.2. The zero-order chi connectivity index (χ0) is 31.7. The maximum absolute atomic E-state index is 13.8. The minimum Gasteiger partial charge on any atom is -0.497 e. The molecule has 0 amide bonds. The van der Waals surface area contributed by atoms with Crippen LogP contribution in [0.5, 0.6) is 11.5 Å². The van der Waals surface area contributed by atoms with Crippen molar-refractivity contribution in [1.82, 2.24) is 4.90 Å². The number of carboxylic acid groups (broad SMARTS) is 2.